The summed E-state index contributed by atoms with van der Waals surface area (Å²) in [6, 6.07) is 22.7. The van der Waals surface area contributed by atoms with Crippen LogP contribution in [0.4, 0.5) is 0 Å². The number of hydrogen-bond donors (Lipinski definition) is 0. The molecule has 0 aliphatic heterocycles. The fraction of sp³-hybridized carbons (Fsp3) is 0.457. The molecule has 0 radical (unpaired) electrons. The molecule has 0 aliphatic carbocycles. The third kappa shape index (κ3) is 10.3. The summed E-state index contributed by atoms with van der Waals surface area (Å²) < 4.78 is 16.5. The fourth-order valence-corrected chi connectivity index (χ4v) is 5.46. The van der Waals surface area contributed by atoms with Crippen molar-refractivity contribution in [2.75, 3.05) is 26.4 Å². The largest absolute Gasteiger partial charge is 2.00 e. The number of hydrogen-bond acceptors (Lipinski definition) is 5. The SMILES string of the molecule is CCCCCCOCCn1c(-c2cccc(-c3nc4ccccc4n3CCOCCCCCC)n2)nc2ccccc21.[Cl-].[Cl-].[Fe+2]. The Morgan fingerprint density at radius 1 is 0.511 bits per heavy atom. The number of imidazole rings is 2. The molecule has 0 saturated carbocycles. The van der Waals surface area contributed by atoms with Gasteiger partial charge in [-0.25, -0.2) is 15.0 Å². The van der Waals surface area contributed by atoms with E-state index in [9.17, 15) is 0 Å². The smallest absolute Gasteiger partial charge is 1.00 e. The molecule has 0 atom stereocenters. The van der Waals surface area contributed by atoms with Gasteiger partial charge >= 0.3 is 17.1 Å². The minimum absolute atomic E-state index is 0. The van der Waals surface area contributed by atoms with Crippen LogP contribution in [-0.2, 0) is 39.6 Å². The van der Waals surface area contributed by atoms with Crippen molar-refractivity contribution in [1.82, 2.24) is 24.1 Å². The normalized spacial score (nSPS) is 10.9. The number of ether oxygens (including phenoxy) is 2. The molecule has 0 spiro atoms. The van der Waals surface area contributed by atoms with Crippen LogP contribution in [0.5, 0.6) is 0 Å². The molecule has 2 aromatic carbocycles. The van der Waals surface area contributed by atoms with Crippen LogP contribution in [0.25, 0.3) is 45.1 Å². The second kappa shape index (κ2) is 20.6. The van der Waals surface area contributed by atoms with Gasteiger partial charge in [-0.15, -0.1) is 0 Å². The number of unbranched alkanes of at least 4 members (excludes halogenated alkanes) is 6. The van der Waals surface area contributed by atoms with E-state index in [2.05, 4.69) is 65.4 Å². The van der Waals surface area contributed by atoms with E-state index in [1.807, 2.05) is 24.3 Å². The Hall–Kier alpha value is -2.45. The molecule has 0 aliphatic rings. The molecule has 0 bridgehead atoms. The Kier molecular flexibility index (Phi) is 17.8. The van der Waals surface area contributed by atoms with Crippen LogP contribution >= 0.6 is 0 Å². The molecule has 0 amide bonds. The number of para-hydroxylation sites is 4. The summed E-state index contributed by atoms with van der Waals surface area (Å²) in [6.45, 7) is 8.81. The molecule has 244 valence electrons. The van der Waals surface area contributed by atoms with Crippen LogP contribution in [0.1, 0.15) is 65.2 Å². The summed E-state index contributed by atoms with van der Waals surface area (Å²) in [5.74, 6) is 1.71. The third-order valence-electron chi connectivity index (χ3n) is 7.72. The van der Waals surface area contributed by atoms with Gasteiger partial charge in [-0.1, -0.05) is 82.7 Å². The van der Waals surface area contributed by atoms with Crippen molar-refractivity contribution in [3.8, 4) is 23.0 Å². The maximum atomic E-state index is 6.02. The summed E-state index contributed by atoms with van der Waals surface area (Å²) in [4.78, 5) is 15.2. The Balaban J connectivity index is 0.00000235. The minimum Gasteiger partial charge on any atom is -1.00 e. The molecule has 3 heterocycles. The van der Waals surface area contributed by atoms with Crippen molar-refractivity contribution >= 4 is 22.1 Å². The zero-order valence-corrected chi connectivity index (χ0v) is 29.0. The number of pyridine rings is 1. The number of nitrogens with zero attached hydrogens (tertiary/aromatic N) is 5. The monoisotopic (exact) mass is 693 g/mol. The fourth-order valence-electron chi connectivity index (χ4n) is 5.46. The van der Waals surface area contributed by atoms with Crippen molar-refractivity contribution in [2.24, 2.45) is 0 Å². The molecule has 0 N–H and O–H groups in total. The predicted molar refractivity (Wildman–Crippen MR) is 172 cm³/mol. The van der Waals surface area contributed by atoms with Gasteiger partial charge in [-0.3, -0.25) is 0 Å². The molecule has 7 nitrogen and oxygen atoms in total. The molecule has 0 fully saturated rings. The van der Waals surface area contributed by atoms with Crippen LogP contribution in [0.15, 0.2) is 66.7 Å². The number of aromatic nitrogens is 5. The van der Waals surface area contributed by atoms with Crippen LogP contribution in [0, 0.1) is 0 Å². The van der Waals surface area contributed by atoms with Crippen LogP contribution in [0.3, 0.4) is 0 Å². The average molecular weight is 695 g/mol. The van der Waals surface area contributed by atoms with Crippen molar-refractivity contribution in [3.05, 3.63) is 66.7 Å². The Labute approximate surface area is 290 Å². The van der Waals surface area contributed by atoms with E-state index in [-0.39, 0.29) is 41.9 Å². The van der Waals surface area contributed by atoms with Crippen LogP contribution in [-0.4, -0.2) is 50.5 Å². The number of halogens is 2. The zero-order chi connectivity index (χ0) is 29.0. The van der Waals surface area contributed by atoms with Gasteiger partial charge in [0.25, 0.3) is 0 Å². The van der Waals surface area contributed by atoms with Crippen LogP contribution in [0.2, 0.25) is 0 Å². The second-order valence-corrected chi connectivity index (χ2v) is 10.9. The molecule has 10 heteroatoms. The van der Waals surface area contributed by atoms with Gasteiger partial charge in [0.15, 0.2) is 11.6 Å². The Bertz CT molecular complexity index is 1450. The first-order valence-electron chi connectivity index (χ1n) is 15.8. The van der Waals surface area contributed by atoms with Crippen molar-refractivity contribution < 1.29 is 51.4 Å². The number of benzene rings is 2. The van der Waals surface area contributed by atoms with E-state index in [0.29, 0.717) is 13.2 Å². The standard InChI is InChI=1S/C35H45N5O2.2ClH.Fe/c1-3-5-7-13-24-41-26-22-39-32-20-11-9-16-28(32)37-34(39)30-18-15-19-31(36-30)35-38-29-17-10-12-21-33(29)40(35)23-27-42-25-14-8-6-4-2;;;/h9-12,15-21H,3-8,13-14,22-27H2,1-2H3;2*1H;/q;;;+2/p-2. The molecule has 45 heavy (non-hydrogen) atoms. The first-order chi connectivity index (χ1) is 20.8. The minimum atomic E-state index is 0. The van der Waals surface area contributed by atoms with Gasteiger partial charge in [0.1, 0.15) is 11.4 Å². The third-order valence-corrected chi connectivity index (χ3v) is 7.72. The Morgan fingerprint density at radius 2 is 0.956 bits per heavy atom. The first kappa shape index (κ1) is 38.7. The molecule has 5 rings (SSSR count). The van der Waals surface area contributed by atoms with Crippen LogP contribution < -0.4 is 24.8 Å². The molecule has 0 saturated heterocycles. The molecule has 5 aromatic rings. The average Bonchev–Trinajstić information content (AvgIpc) is 3.59. The summed E-state index contributed by atoms with van der Waals surface area (Å²) >= 11 is 0. The van der Waals surface area contributed by atoms with E-state index in [1.54, 1.807) is 0 Å². The quantitative estimate of drug-likeness (QED) is 0.104. The summed E-state index contributed by atoms with van der Waals surface area (Å²) in [7, 11) is 0. The first-order valence-corrected chi connectivity index (χ1v) is 15.8. The maximum absolute atomic E-state index is 6.02. The van der Waals surface area contributed by atoms with E-state index in [1.165, 1.54) is 38.5 Å². The van der Waals surface area contributed by atoms with Gasteiger partial charge in [-0.2, -0.15) is 0 Å². The second-order valence-electron chi connectivity index (χ2n) is 10.9. The van der Waals surface area contributed by atoms with E-state index in [0.717, 1.165) is 84.2 Å². The van der Waals surface area contributed by atoms with E-state index >= 15 is 0 Å². The predicted octanol–water partition coefficient (Wildman–Crippen LogP) is 2.31. The van der Waals surface area contributed by atoms with Crippen molar-refractivity contribution in [1.29, 1.82) is 0 Å². The van der Waals surface area contributed by atoms with Gasteiger partial charge in [0.2, 0.25) is 0 Å². The molecular weight excluding hydrogens is 649 g/mol. The number of fused-ring (bicyclic) bond motifs is 2. The topological polar surface area (TPSA) is 67.0 Å². The van der Waals surface area contributed by atoms with E-state index < -0.39 is 0 Å². The summed E-state index contributed by atoms with van der Waals surface area (Å²) in [5, 5.41) is 0. The summed E-state index contributed by atoms with van der Waals surface area (Å²) in [5.41, 5.74) is 5.78. The molecule has 3 aromatic heterocycles. The van der Waals surface area contributed by atoms with E-state index in [4.69, 9.17) is 24.4 Å². The molecular formula is C35H45Cl2FeN5O2. The van der Waals surface area contributed by atoms with Gasteiger partial charge in [-0.05, 0) is 49.2 Å². The van der Waals surface area contributed by atoms with Crippen molar-refractivity contribution in [2.45, 2.75) is 78.3 Å². The van der Waals surface area contributed by atoms with Gasteiger partial charge in [0.05, 0.1) is 35.3 Å². The maximum Gasteiger partial charge on any atom is 2.00 e. The Morgan fingerprint density at radius 3 is 1.40 bits per heavy atom. The van der Waals surface area contributed by atoms with Crippen molar-refractivity contribution in [3.63, 3.8) is 0 Å². The molecule has 0 unspecified atom stereocenters. The zero-order valence-electron chi connectivity index (χ0n) is 26.4. The summed E-state index contributed by atoms with van der Waals surface area (Å²) in [6.07, 6.45) is 9.67. The van der Waals surface area contributed by atoms with Gasteiger partial charge in [0, 0.05) is 26.3 Å². The number of rotatable bonds is 18. The van der Waals surface area contributed by atoms with Gasteiger partial charge < -0.3 is 43.4 Å².